The van der Waals surface area contributed by atoms with Gasteiger partial charge in [0.15, 0.2) is 0 Å². The molecule has 0 radical (unpaired) electrons. The van der Waals surface area contributed by atoms with E-state index in [2.05, 4.69) is 6.07 Å². The van der Waals surface area contributed by atoms with Gasteiger partial charge in [-0.2, -0.15) is 9.57 Å². The fourth-order valence-corrected chi connectivity index (χ4v) is 3.92. The zero-order valence-electron chi connectivity index (χ0n) is 11.9. The normalized spacial score (nSPS) is 19.1. The van der Waals surface area contributed by atoms with Crippen LogP contribution in [-0.4, -0.2) is 45.4 Å². The Bertz CT molecular complexity index is 617. The zero-order valence-corrected chi connectivity index (χ0v) is 12.7. The van der Waals surface area contributed by atoms with Gasteiger partial charge in [-0.3, -0.25) is 0 Å². The van der Waals surface area contributed by atoms with E-state index >= 15 is 0 Å². The largest absolute Gasteiger partial charge is 0.332 e. The molecule has 0 spiro atoms. The number of hydrogen-bond acceptors (Lipinski definition) is 3. The number of quaternary nitrogens is 1. The Morgan fingerprint density at radius 3 is 2.43 bits per heavy atom. The monoisotopic (exact) mass is 312 g/mol. The Morgan fingerprint density at radius 1 is 1.33 bits per heavy atom. The van der Waals surface area contributed by atoms with Gasteiger partial charge in [0.1, 0.15) is 5.82 Å². The summed E-state index contributed by atoms with van der Waals surface area (Å²) in [5.41, 5.74) is 0. The minimum atomic E-state index is -3.55. The minimum absolute atomic E-state index is 0.0275. The molecule has 0 aliphatic carbocycles. The van der Waals surface area contributed by atoms with Gasteiger partial charge in [-0.25, -0.2) is 12.8 Å². The number of piperazine rings is 1. The highest BCUT2D eigenvalue weighted by Crippen LogP contribution is 2.15. The molecule has 1 aromatic rings. The second kappa shape index (κ2) is 6.52. The highest BCUT2D eigenvalue weighted by Gasteiger charge is 2.30. The summed E-state index contributed by atoms with van der Waals surface area (Å²) >= 11 is 0. The summed E-state index contributed by atoms with van der Waals surface area (Å²) in [6.45, 7) is 4.83. The van der Waals surface area contributed by atoms with Gasteiger partial charge in [0, 0.05) is 0 Å². The third-order valence-corrected chi connectivity index (χ3v) is 5.61. The molecule has 1 N–H and O–H groups in total. The van der Waals surface area contributed by atoms with Crippen LogP contribution in [-0.2, 0) is 10.0 Å². The molecule has 1 aliphatic rings. The van der Waals surface area contributed by atoms with Crippen molar-refractivity contribution >= 4 is 10.0 Å². The van der Waals surface area contributed by atoms with Crippen LogP contribution in [0.25, 0.3) is 0 Å². The van der Waals surface area contributed by atoms with E-state index < -0.39 is 15.8 Å². The van der Waals surface area contributed by atoms with Gasteiger partial charge in [0.25, 0.3) is 0 Å². The first-order valence-electron chi connectivity index (χ1n) is 6.92. The third-order valence-electron chi connectivity index (χ3n) is 3.70. The molecule has 7 heteroatoms. The lowest BCUT2D eigenvalue weighted by Crippen LogP contribution is -3.15. The summed E-state index contributed by atoms with van der Waals surface area (Å²) in [5.74, 6) is -0.478. The van der Waals surface area contributed by atoms with Crippen LogP contribution in [0, 0.1) is 23.1 Å². The molecule has 1 aliphatic heterocycles. The summed E-state index contributed by atoms with van der Waals surface area (Å²) in [5, 5.41) is 8.82. The number of nitrogens with zero attached hydrogens (tertiary/aromatic N) is 2. The lowest BCUT2D eigenvalue weighted by atomic mass is 10.2. The first kappa shape index (κ1) is 15.9. The molecular weight excluding hydrogens is 293 g/mol. The molecule has 1 atom stereocenters. The van der Waals surface area contributed by atoms with Crippen LogP contribution in [0.2, 0.25) is 0 Å². The lowest BCUT2D eigenvalue weighted by molar-refractivity contribution is -0.905. The lowest BCUT2D eigenvalue weighted by Gasteiger charge is -2.31. The van der Waals surface area contributed by atoms with E-state index in [1.165, 1.54) is 21.3 Å². The Balaban J connectivity index is 2.01. The van der Waals surface area contributed by atoms with E-state index in [4.69, 9.17) is 5.26 Å². The van der Waals surface area contributed by atoms with Crippen LogP contribution in [0.3, 0.4) is 0 Å². The van der Waals surface area contributed by atoms with E-state index in [9.17, 15) is 12.8 Å². The van der Waals surface area contributed by atoms with Crippen LogP contribution in [0.1, 0.15) is 6.92 Å². The quantitative estimate of drug-likeness (QED) is 0.842. The standard InChI is InChI=1S/C14H18FN3O2S/c1-12(10-16)11-17-6-8-18(9-7-17)21(19,20)14-4-2-13(15)3-5-14/h2-5,12H,6-9,11H2,1H3/p+1/t12-/m1/s1. The molecule has 2 rings (SSSR count). The number of nitriles is 1. The Morgan fingerprint density at radius 2 is 1.90 bits per heavy atom. The first-order chi connectivity index (χ1) is 9.93. The van der Waals surface area contributed by atoms with Gasteiger partial charge in [-0.1, -0.05) is 0 Å². The zero-order chi connectivity index (χ0) is 15.5. The number of benzene rings is 1. The predicted octanol–water partition coefficient (Wildman–Crippen LogP) is -0.125. The topological polar surface area (TPSA) is 65.6 Å². The molecule has 0 saturated carbocycles. The van der Waals surface area contributed by atoms with Gasteiger partial charge in [-0.15, -0.1) is 0 Å². The summed E-state index contributed by atoms with van der Waals surface area (Å²) in [7, 11) is -3.55. The van der Waals surface area contributed by atoms with E-state index in [0.717, 1.165) is 18.7 Å². The molecule has 1 aromatic carbocycles. The molecular formula is C14H19FN3O2S+. The molecule has 5 nitrogen and oxygen atoms in total. The molecule has 0 aromatic heterocycles. The molecule has 0 amide bonds. The highest BCUT2D eigenvalue weighted by molar-refractivity contribution is 7.89. The van der Waals surface area contributed by atoms with E-state index in [-0.39, 0.29) is 10.8 Å². The molecule has 21 heavy (non-hydrogen) atoms. The van der Waals surface area contributed by atoms with Gasteiger partial charge >= 0.3 is 0 Å². The second-order valence-electron chi connectivity index (χ2n) is 5.34. The smallest absolute Gasteiger partial charge is 0.243 e. The van der Waals surface area contributed by atoms with Crippen molar-refractivity contribution in [1.29, 1.82) is 5.26 Å². The maximum Gasteiger partial charge on any atom is 0.243 e. The van der Waals surface area contributed by atoms with Crippen molar-refractivity contribution in [2.75, 3.05) is 32.7 Å². The van der Waals surface area contributed by atoms with Crippen molar-refractivity contribution in [3.05, 3.63) is 30.1 Å². The maximum atomic E-state index is 12.9. The number of rotatable bonds is 4. The summed E-state index contributed by atoms with van der Waals surface area (Å²) in [6.07, 6.45) is 0. The summed E-state index contributed by atoms with van der Waals surface area (Å²) in [4.78, 5) is 1.37. The van der Waals surface area contributed by atoms with Crippen molar-refractivity contribution < 1.29 is 17.7 Å². The van der Waals surface area contributed by atoms with E-state index in [1.807, 2.05) is 6.92 Å². The van der Waals surface area contributed by atoms with Gasteiger partial charge in [0.05, 0.1) is 49.6 Å². The molecule has 1 fully saturated rings. The fraction of sp³-hybridized carbons (Fsp3) is 0.500. The molecule has 0 unspecified atom stereocenters. The number of sulfonamides is 1. The molecule has 114 valence electrons. The van der Waals surface area contributed by atoms with Crippen LogP contribution in [0.5, 0.6) is 0 Å². The van der Waals surface area contributed by atoms with Crippen molar-refractivity contribution in [3.63, 3.8) is 0 Å². The van der Waals surface area contributed by atoms with Crippen LogP contribution in [0.15, 0.2) is 29.2 Å². The number of halogens is 1. The Labute approximate surface area is 124 Å². The molecule has 1 saturated heterocycles. The number of hydrogen-bond donors (Lipinski definition) is 1. The first-order valence-corrected chi connectivity index (χ1v) is 8.36. The van der Waals surface area contributed by atoms with Crippen LogP contribution >= 0.6 is 0 Å². The SMILES string of the molecule is C[C@H](C#N)C[NH+]1CCN(S(=O)(=O)c2ccc(F)cc2)CC1. The second-order valence-corrected chi connectivity index (χ2v) is 7.28. The average molecular weight is 312 g/mol. The number of nitrogens with one attached hydrogen (secondary N) is 1. The summed E-state index contributed by atoms with van der Waals surface area (Å²) in [6, 6.07) is 7.09. The third kappa shape index (κ3) is 3.79. The van der Waals surface area contributed by atoms with Crippen molar-refractivity contribution in [3.8, 4) is 6.07 Å². The fourth-order valence-electron chi connectivity index (χ4n) is 2.48. The van der Waals surface area contributed by atoms with Gasteiger partial charge < -0.3 is 4.90 Å². The highest BCUT2D eigenvalue weighted by atomic mass is 32.2. The van der Waals surface area contributed by atoms with E-state index in [0.29, 0.717) is 26.2 Å². The Hall–Kier alpha value is -1.49. The maximum absolute atomic E-state index is 12.9. The van der Waals surface area contributed by atoms with Gasteiger partial charge in [-0.05, 0) is 31.2 Å². The predicted molar refractivity (Wildman–Crippen MR) is 75.5 cm³/mol. The summed E-state index contributed by atoms with van der Waals surface area (Å²) < 4.78 is 39.2. The van der Waals surface area contributed by atoms with Crippen LogP contribution < -0.4 is 4.90 Å². The van der Waals surface area contributed by atoms with E-state index in [1.54, 1.807) is 0 Å². The van der Waals surface area contributed by atoms with Gasteiger partial charge in [0.2, 0.25) is 10.0 Å². The van der Waals surface area contributed by atoms with Crippen molar-refractivity contribution in [1.82, 2.24) is 4.31 Å². The minimum Gasteiger partial charge on any atom is -0.332 e. The molecule has 0 bridgehead atoms. The molecule has 1 heterocycles. The Kier molecular flexibility index (Phi) is 4.93. The van der Waals surface area contributed by atoms with Crippen molar-refractivity contribution in [2.24, 2.45) is 5.92 Å². The van der Waals surface area contributed by atoms with Crippen LogP contribution in [0.4, 0.5) is 4.39 Å². The van der Waals surface area contributed by atoms with Crippen molar-refractivity contribution in [2.45, 2.75) is 11.8 Å². The average Bonchev–Trinajstić information content (AvgIpc) is 2.48.